The average molecular weight is 448 g/mol. The van der Waals surface area contributed by atoms with Gasteiger partial charge in [-0.05, 0) is 49.2 Å². The molecular weight excluding hydrogens is 422 g/mol. The second kappa shape index (κ2) is 8.56. The first kappa shape index (κ1) is 22.6. The maximum Gasteiger partial charge on any atom is 0.238 e. The normalized spacial score (nSPS) is 16.4. The van der Waals surface area contributed by atoms with Gasteiger partial charge in [0.15, 0.2) is 11.5 Å². The molecule has 9 nitrogen and oxygen atoms in total. The van der Waals surface area contributed by atoms with Crippen LogP contribution in [0, 0.1) is 19.8 Å². The van der Waals surface area contributed by atoms with Crippen LogP contribution in [0.3, 0.4) is 0 Å². The molecule has 3 rings (SSSR count). The number of nitrogens with zero attached hydrogens (tertiary/aromatic N) is 1. The summed E-state index contributed by atoms with van der Waals surface area (Å²) >= 11 is 0. The summed E-state index contributed by atoms with van der Waals surface area (Å²) in [5.74, 6) is -0.151. The molecular formula is C21H25N3O6S. The van der Waals surface area contributed by atoms with Crippen molar-refractivity contribution in [2.24, 2.45) is 11.1 Å². The summed E-state index contributed by atoms with van der Waals surface area (Å²) in [5, 5.41) is 7.99. The fourth-order valence-corrected chi connectivity index (χ4v) is 4.10. The van der Waals surface area contributed by atoms with E-state index in [1.165, 1.54) is 31.3 Å². The Labute approximate surface area is 181 Å². The molecule has 10 heteroatoms. The molecule has 0 aliphatic carbocycles. The highest BCUT2D eigenvalue weighted by Crippen LogP contribution is 2.34. The van der Waals surface area contributed by atoms with Crippen molar-refractivity contribution in [1.82, 2.24) is 0 Å². The average Bonchev–Trinajstić information content (AvgIpc) is 3.11. The van der Waals surface area contributed by atoms with E-state index >= 15 is 0 Å². The number of benzene rings is 2. The smallest absolute Gasteiger partial charge is 0.238 e. The number of primary sulfonamides is 1. The maximum atomic E-state index is 12.9. The standard InChI is InChI=1S/C21H25N3O6S/c1-12-7-16(31(22,27)28)10-17(13(12)2)23-21(26)14-8-20(25)24(11-14)15-5-6-18(29-3)19(9-15)30-4/h5-7,9-10,14H,8,11H2,1-4H3,(H,23,26)(H2,22,27,28). The molecule has 1 fully saturated rings. The second-order valence-corrected chi connectivity index (χ2v) is 8.95. The summed E-state index contributed by atoms with van der Waals surface area (Å²) in [6.07, 6.45) is 0.0348. The zero-order chi connectivity index (χ0) is 22.9. The van der Waals surface area contributed by atoms with Crippen molar-refractivity contribution in [2.75, 3.05) is 31.0 Å². The Hall–Kier alpha value is -3.11. The molecule has 2 aromatic carbocycles. The molecule has 1 heterocycles. The van der Waals surface area contributed by atoms with Crippen LogP contribution in [0.15, 0.2) is 35.2 Å². The predicted molar refractivity (Wildman–Crippen MR) is 116 cm³/mol. The molecule has 3 N–H and O–H groups in total. The zero-order valence-corrected chi connectivity index (χ0v) is 18.6. The first-order valence-corrected chi connectivity index (χ1v) is 11.1. The maximum absolute atomic E-state index is 12.9. The number of amides is 2. The van der Waals surface area contributed by atoms with Crippen LogP contribution in [0.2, 0.25) is 0 Å². The van der Waals surface area contributed by atoms with Gasteiger partial charge in [-0.1, -0.05) is 0 Å². The van der Waals surface area contributed by atoms with Gasteiger partial charge in [0.2, 0.25) is 21.8 Å². The Morgan fingerprint density at radius 2 is 1.81 bits per heavy atom. The Kier molecular flexibility index (Phi) is 6.23. The third-order valence-electron chi connectivity index (χ3n) is 5.40. The Morgan fingerprint density at radius 1 is 1.13 bits per heavy atom. The van der Waals surface area contributed by atoms with Crippen LogP contribution in [0.1, 0.15) is 17.5 Å². The number of methoxy groups -OCH3 is 2. The van der Waals surface area contributed by atoms with E-state index in [0.29, 0.717) is 28.4 Å². The molecule has 0 aromatic heterocycles. The predicted octanol–water partition coefficient (Wildman–Crippen LogP) is 1.96. The van der Waals surface area contributed by atoms with Crippen molar-refractivity contribution in [1.29, 1.82) is 0 Å². The molecule has 1 aliphatic rings. The lowest BCUT2D eigenvalue weighted by Crippen LogP contribution is -2.28. The van der Waals surface area contributed by atoms with Crippen molar-refractivity contribution in [3.05, 3.63) is 41.5 Å². The number of nitrogens with one attached hydrogen (secondary N) is 1. The summed E-state index contributed by atoms with van der Waals surface area (Å²) < 4.78 is 34.0. The monoisotopic (exact) mass is 447 g/mol. The molecule has 1 aliphatic heterocycles. The van der Waals surface area contributed by atoms with Gasteiger partial charge in [0.05, 0.1) is 25.0 Å². The number of carbonyl (C=O) groups excluding carboxylic acids is 2. The molecule has 1 unspecified atom stereocenters. The minimum atomic E-state index is -3.92. The second-order valence-electron chi connectivity index (χ2n) is 7.39. The first-order chi connectivity index (χ1) is 14.5. The van der Waals surface area contributed by atoms with Crippen LogP contribution in [0.5, 0.6) is 11.5 Å². The fraction of sp³-hybridized carbons (Fsp3) is 0.333. The van der Waals surface area contributed by atoms with E-state index in [1.54, 1.807) is 32.0 Å². The van der Waals surface area contributed by atoms with Gasteiger partial charge in [0, 0.05) is 30.4 Å². The van der Waals surface area contributed by atoms with Gasteiger partial charge < -0.3 is 19.7 Å². The lowest BCUT2D eigenvalue weighted by atomic mass is 10.1. The number of carbonyl (C=O) groups is 2. The van der Waals surface area contributed by atoms with Crippen molar-refractivity contribution in [2.45, 2.75) is 25.2 Å². The van der Waals surface area contributed by atoms with Gasteiger partial charge in [0.1, 0.15) is 0 Å². The van der Waals surface area contributed by atoms with E-state index in [4.69, 9.17) is 14.6 Å². The molecule has 31 heavy (non-hydrogen) atoms. The van der Waals surface area contributed by atoms with Crippen LogP contribution < -0.4 is 24.8 Å². The van der Waals surface area contributed by atoms with Gasteiger partial charge in [-0.2, -0.15) is 0 Å². The van der Waals surface area contributed by atoms with Crippen molar-refractivity contribution < 1.29 is 27.5 Å². The zero-order valence-electron chi connectivity index (χ0n) is 17.8. The number of sulfonamides is 1. The fourth-order valence-electron chi connectivity index (χ4n) is 3.48. The summed E-state index contributed by atoms with van der Waals surface area (Å²) in [4.78, 5) is 26.9. The van der Waals surface area contributed by atoms with Gasteiger partial charge in [-0.15, -0.1) is 0 Å². The van der Waals surface area contributed by atoms with Gasteiger partial charge in [0.25, 0.3) is 0 Å². The number of anilines is 2. The van der Waals surface area contributed by atoms with E-state index in [0.717, 1.165) is 5.56 Å². The minimum absolute atomic E-state index is 0.0348. The van der Waals surface area contributed by atoms with Crippen LogP contribution in [-0.4, -0.2) is 41.0 Å². The summed E-state index contributed by atoms with van der Waals surface area (Å²) in [5.41, 5.74) is 2.35. The van der Waals surface area contributed by atoms with Gasteiger partial charge in [-0.3, -0.25) is 9.59 Å². The van der Waals surface area contributed by atoms with Gasteiger partial charge in [-0.25, -0.2) is 13.6 Å². The number of rotatable bonds is 6. The lowest BCUT2D eigenvalue weighted by Gasteiger charge is -2.19. The lowest BCUT2D eigenvalue weighted by molar-refractivity contribution is -0.122. The molecule has 0 saturated carbocycles. The molecule has 2 amide bonds. The van der Waals surface area contributed by atoms with E-state index in [-0.39, 0.29) is 29.7 Å². The van der Waals surface area contributed by atoms with Crippen LogP contribution in [0.4, 0.5) is 11.4 Å². The quantitative estimate of drug-likeness (QED) is 0.697. The summed E-state index contributed by atoms with van der Waals surface area (Å²) in [6, 6.07) is 7.89. The molecule has 2 aromatic rings. The molecule has 166 valence electrons. The highest BCUT2D eigenvalue weighted by molar-refractivity contribution is 7.89. The van der Waals surface area contributed by atoms with Crippen LogP contribution >= 0.6 is 0 Å². The molecule has 1 saturated heterocycles. The minimum Gasteiger partial charge on any atom is -0.493 e. The molecule has 0 radical (unpaired) electrons. The van der Waals surface area contributed by atoms with Gasteiger partial charge >= 0.3 is 0 Å². The van der Waals surface area contributed by atoms with Crippen molar-refractivity contribution >= 4 is 33.2 Å². The van der Waals surface area contributed by atoms with E-state index < -0.39 is 15.9 Å². The van der Waals surface area contributed by atoms with Crippen molar-refractivity contribution in [3.63, 3.8) is 0 Å². The highest BCUT2D eigenvalue weighted by Gasteiger charge is 2.35. The number of hydrogen-bond donors (Lipinski definition) is 2. The Morgan fingerprint density at radius 3 is 2.42 bits per heavy atom. The topological polar surface area (TPSA) is 128 Å². The first-order valence-electron chi connectivity index (χ1n) is 9.52. The Balaban J connectivity index is 1.81. The molecule has 0 bridgehead atoms. The van der Waals surface area contributed by atoms with E-state index in [2.05, 4.69) is 5.32 Å². The Bertz CT molecular complexity index is 1150. The number of nitrogens with two attached hydrogens (primary N) is 1. The summed E-state index contributed by atoms with van der Waals surface area (Å²) in [6.45, 7) is 3.69. The molecule has 0 spiro atoms. The third kappa shape index (κ3) is 4.64. The highest BCUT2D eigenvalue weighted by atomic mass is 32.2. The van der Waals surface area contributed by atoms with Crippen LogP contribution in [0.25, 0.3) is 0 Å². The number of hydrogen-bond acceptors (Lipinski definition) is 6. The third-order valence-corrected chi connectivity index (χ3v) is 6.29. The SMILES string of the molecule is COc1ccc(N2CC(C(=O)Nc3cc(S(N)(=O)=O)cc(C)c3C)CC2=O)cc1OC. The number of ether oxygens (including phenoxy) is 2. The summed E-state index contributed by atoms with van der Waals surface area (Å²) in [7, 11) is -0.896. The van der Waals surface area contributed by atoms with Crippen LogP contribution in [-0.2, 0) is 19.6 Å². The number of aryl methyl sites for hydroxylation is 1. The largest absolute Gasteiger partial charge is 0.493 e. The van der Waals surface area contributed by atoms with Crippen molar-refractivity contribution in [3.8, 4) is 11.5 Å². The van der Waals surface area contributed by atoms with E-state index in [1.807, 2.05) is 0 Å². The van der Waals surface area contributed by atoms with E-state index in [9.17, 15) is 18.0 Å². The molecule has 1 atom stereocenters.